The molecule has 1 rings (SSSR count). The predicted octanol–water partition coefficient (Wildman–Crippen LogP) is 3.22. The third-order valence-corrected chi connectivity index (χ3v) is 3.19. The van der Waals surface area contributed by atoms with E-state index in [4.69, 9.17) is 4.74 Å². The van der Waals surface area contributed by atoms with Crippen LogP contribution in [0.15, 0.2) is 16.8 Å². The second-order valence-corrected chi connectivity index (χ2v) is 4.43. The van der Waals surface area contributed by atoms with Crippen molar-refractivity contribution in [2.75, 3.05) is 20.3 Å². The van der Waals surface area contributed by atoms with Crippen LogP contribution in [0.2, 0.25) is 0 Å². The summed E-state index contributed by atoms with van der Waals surface area (Å²) in [5.74, 6) is 0. The molecule has 0 bridgehead atoms. The highest BCUT2D eigenvalue weighted by atomic mass is 32.1. The van der Waals surface area contributed by atoms with Crippen molar-refractivity contribution in [3.8, 4) is 0 Å². The topological polar surface area (TPSA) is 21.3 Å². The van der Waals surface area contributed by atoms with Crippen LogP contribution < -0.4 is 5.32 Å². The molecule has 2 nitrogen and oxygen atoms in total. The molecule has 0 fully saturated rings. The molecule has 1 aromatic rings. The molecule has 0 saturated carbocycles. The summed E-state index contributed by atoms with van der Waals surface area (Å²) in [6, 6.07) is 2.62. The number of ether oxygens (including phenoxy) is 1. The van der Waals surface area contributed by atoms with Gasteiger partial charge in [-0.25, -0.2) is 0 Å². The lowest BCUT2D eigenvalue weighted by Gasteiger charge is -2.14. The minimum Gasteiger partial charge on any atom is -0.381 e. The zero-order valence-electron chi connectivity index (χ0n) is 9.66. The summed E-state index contributed by atoms with van der Waals surface area (Å²) in [7, 11) is 2.01. The smallest absolute Gasteiger partial charge is 0.0484 e. The van der Waals surface area contributed by atoms with Gasteiger partial charge in [0.2, 0.25) is 0 Å². The molecule has 0 saturated heterocycles. The Kier molecular flexibility index (Phi) is 6.64. The SMILES string of the molecule is CCCCOCCC(NC)c1ccsc1. The molecule has 1 atom stereocenters. The van der Waals surface area contributed by atoms with E-state index in [1.807, 2.05) is 7.05 Å². The van der Waals surface area contributed by atoms with Gasteiger partial charge in [0.05, 0.1) is 0 Å². The van der Waals surface area contributed by atoms with E-state index >= 15 is 0 Å². The van der Waals surface area contributed by atoms with Crippen LogP contribution in [0.5, 0.6) is 0 Å². The third-order valence-electron chi connectivity index (χ3n) is 2.49. The highest BCUT2D eigenvalue weighted by Crippen LogP contribution is 2.18. The van der Waals surface area contributed by atoms with Crippen LogP contribution in [0.3, 0.4) is 0 Å². The highest BCUT2D eigenvalue weighted by molar-refractivity contribution is 7.07. The lowest BCUT2D eigenvalue weighted by molar-refractivity contribution is 0.122. The molecule has 0 aliphatic rings. The number of unbranched alkanes of at least 4 members (excludes halogenated alkanes) is 1. The Bertz CT molecular complexity index is 236. The van der Waals surface area contributed by atoms with Gasteiger partial charge >= 0.3 is 0 Å². The van der Waals surface area contributed by atoms with Crippen molar-refractivity contribution in [3.05, 3.63) is 22.4 Å². The van der Waals surface area contributed by atoms with Gasteiger partial charge in [0.15, 0.2) is 0 Å². The van der Waals surface area contributed by atoms with Crippen molar-refractivity contribution < 1.29 is 4.74 Å². The van der Waals surface area contributed by atoms with E-state index in [1.54, 1.807) is 11.3 Å². The summed E-state index contributed by atoms with van der Waals surface area (Å²) in [6.45, 7) is 3.93. The maximum absolute atomic E-state index is 5.57. The third kappa shape index (κ3) is 4.78. The van der Waals surface area contributed by atoms with E-state index in [0.717, 1.165) is 19.6 Å². The van der Waals surface area contributed by atoms with Gasteiger partial charge in [-0.3, -0.25) is 0 Å². The monoisotopic (exact) mass is 227 g/mol. The molecule has 15 heavy (non-hydrogen) atoms. The molecule has 0 radical (unpaired) electrons. The summed E-state index contributed by atoms with van der Waals surface area (Å²) >= 11 is 1.75. The summed E-state index contributed by atoms with van der Waals surface area (Å²) in [5, 5.41) is 7.65. The Balaban J connectivity index is 2.18. The van der Waals surface area contributed by atoms with Crippen LogP contribution in [-0.2, 0) is 4.74 Å². The zero-order valence-corrected chi connectivity index (χ0v) is 10.5. The second kappa shape index (κ2) is 7.85. The van der Waals surface area contributed by atoms with E-state index < -0.39 is 0 Å². The van der Waals surface area contributed by atoms with Crippen molar-refractivity contribution in [2.24, 2.45) is 0 Å². The van der Waals surface area contributed by atoms with Crippen LogP contribution >= 0.6 is 11.3 Å². The first-order chi connectivity index (χ1) is 7.38. The van der Waals surface area contributed by atoms with Crippen LogP contribution in [0.4, 0.5) is 0 Å². The van der Waals surface area contributed by atoms with Crippen LogP contribution in [0, 0.1) is 0 Å². The number of nitrogens with one attached hydrogen (secondary N) is 1. The van der Waals surface area contributed by atoms with Crippen molar-refractivity contribution in [2.45, 2.75) is 32.2 Å². The molecule has 1 heterocycles. The minimum atomic E-state index is 0.442. The van der Waals surface area contributed by atoms with Gasteiger partial charge in [0, 0.05) is 19.3 Å². The molecule has 0 amide bonds. The normalized spacial score (nSPS) is 12.9. The standard InChI is InChI=1S/C12H21NOS/c1-3-4-7-14-8-5-12(13-2)11-6-9-15-10-11/h6,9-10,12-13H,3-5,7-8H2,1-2H3. The molecule has 0 aliphatic heterocycles. The number of hydrogen-bond acceptors (Lipinski definition) is 3. The van der Waals surface area contributed by atoms with Crippen molar-refractivity contribution in [3.63, 3.8) is 0 Å². The Morgan fingerprint density at radius 1 is 1.47 bits per heavy atom. The fourth-order valence-electron chi connectivity index (χ4n) is 1.50. The predicted molar refractivity (Wildman–Crippen MR) is 66.5 cm³/mol. The Hall–Kier alpha value is -0.380. The summed E-state index contributed by atoms with van der Waals surface area (Å²) in [5.41, 5.74) is 1.38. The highest BCUT2D eigenvalue weighted by Gasteiger charge is 2.08. The molecular formula is C12H21NOS. The van der Waals surface area contributed by atoms with E-state index in [0.29, 0.717) is 6.04 Å². The second-order valence-electron chi connectivity index (χ2n) is 3.65. The molecule has 1 unspecified atom stereocenters. The summed E-state index contributed by atoms with van der Waals surface area (Å²) in [4.78, 5) is 0. The first-order valence-corrected chi connectivity index (χ1v) is 6.59. The molecule has 1 aromatic heterocycles. The molecule has 0 aromatic carbocycles. The summed E-state index contributed by atoms with van der Waals surface area (Å²) < 4.78 is 5.57. The largest absolute Gasteiger partial charge is 0.381 e. The fourth-order valence-corrected chi connectivity index (χ4v) is 2.21. The maximum Gasteiger partial charge on any atom is 0.0484 e. The zero-order chi connectivity index (χ0) is 10.9. The van der Waals surface area contributed by atoms with Crippen LogP contribution in [0.25, 0.3) is 0 Å². The van der Waals surface area contributed by atoms with Gasteiger partial charge in [0.1, 0.15) is 0 Å². The fraction of sp³-hybridized carbons (Fsp3) is 0.667. The van der Waals surface area contributed by atoms with Gasteiger partial charge in [-0.05, 0) is 42.3 Å². The van der Waals surface area contributed by atoms with Crippen molar-refractivity contribution >= 4 is 11.3 Å². The van der Waals surface area contributed by atoms with Crippen molar-refractivity contribution in [1.82, 2.24) is 5.32 Å². The molecule has 1 N–H and O–H groups in total. The van der Waals surface area contributed by atoms with Gasteiger partial charge in [-0.15, -0.1) is 0 Å². The Morgan fingerprint density at radius 2 is 2.33 bits per heavy atom. The van der Waals surface area contributed by atoms with E-state index in [1.165, 1.54) is 18.4 Å². The lowest BCUT2D eigenvalue weighted by atomic mass is 10.1. The number of rotatable bonds is 8. The minimum absolute atomic E-state index is 0.442. The van der Waals surface area contributed by atoms with Crippen molar-refractivity contribution in [1.29, 1.82) is 0 Å². The molecule has 0 aliphatic carbocycles. The average Bonchev–Trinajstić information content (AvgIpc) is 2.77. The maximum atomic E-state index is 5.57. The Labute approximate surface area is 96.7 Å². The number of hydrogen-bond donors (Lipinski definition) is 1. The summed E-state index contributed by atoms with van der Waals surface area (Å²) in [6.07, 6.45) is 3.43. The average molecular weight is 227 g/mol. The Morgan fingerprint density at radius 3 is 2.93 bits per heavy atom. The van der Waals surface area contributed by atoms with Gasteiger partial charge in [-0.1, -0.05) is 13.3 Å². The first kappa shape index (κ1) is 12.7. The van der Waals surface area contributed by atoms with Gasteiger partial charge < -0.3 is 10.1 Å². The van der Waals surface area contributed by atoms with E-state index in [2.05, 4.69) is 29.1 Å². The molecular weight excluding hydrogens is 206 g/mol. The van der Waals surface area contributed by atoms with E-state index in [9.17, 15) is 0 Å². The quantitative estimate of drug-likeness (QED) is 0.689. The van der Waals surface area contributed by atoms with E-state index in [-0.39, 0.29) is 0 Å². The van der Waals surface area contributed by atoms with Crippen LogP contribution in [-0.4, -0.2) is 20.3 Å². The molecule has 0 spiro atoms. The van der Waals surface area contributed by atoms with Gasteiger partial charge in [0.25, 0.3) is 0 Å². The molecule has 3 heteroatoms. The number of thiophene rings is 1. The molecule has 86 valence electrons. The van der Waals surface area contributed by atoms with Gasteiger partial charge in [-0.2, -0.15) is 11.3 Å². The van der Waals surface area contributed by atoms with Crippen LogP contribution in [0.1, 0.15) is 37.8 Å². The first-order valence-electron chi connectivity index (χ1n) is 5.65. The lowest BCUT2D eigenvalue weighted by Crippen LogP contribution is -2.17.